The first kappa shape index (κ1) is 22.2. The van der Waals surface area contributed by atoms with Crippen LogP contribution in [0.3, 0.4) is 0 Å². The maximum absolute atomic E-state index is 14.4. The molecule has 1 aliphatic carbocycles. The third kappa shape index (κ3) is 5.54. The molecule has 3 rings (SSSR count). The fraction of sp³-hybridized carbons (Fsp3) is 0.286. The third-order valence-electron chi connectivity index (χ3n) is 4.94. The number of rotatable bonds is 8. The summed E-state index contributed by atoms with van der Waals surface area (Å²) in [6, 6.07) is 8.56. The Morgan fingerprint density at radius 1 is 1.29 bits per heavy atom. The van der Waals surface area contributed by atoms with E-state index in [4.69, 9.17) is 16.9 Å². The minimum atomic E-state index is -2.92. The number of halogens is 2. The Bertz CT molecular complexity index is 976. The summed E-state index contributed by atoms with van der Waals surface area (Å²) in [4.78, 5) is 4.46. The van der Waals surface area contributed by atoms with Gasteiger partial charge in [0.2, 0.25) is 0 Å². The molecule has 0 bridgehead atoms. The Balaban J connectivity index is 1.86. The quantitative estimate of drug-likeness (QED) is 0.280. The van der Waals surface area contributed by atoms with Gasteiger partial charge in [-0.3, -0.25) is 5.43 Å². The molecule has 1 aliphatic rings. The van der Waals surface area contributed by atoms with Crippen molar-refractivity contribution in [1.82, 2.24) is 4.98 Å². The van der Waals surface area contributed by atoms with Gasteiger partial charge in [0.15, 0.2) is 0 Å². The normalized spacial score (nSPS) is 20.2. The number of nitrogens with two attached hydrogens (primary N) is 2. The molecule has 0 radical (unpaired) electrons. The van der Waals surface area contributed by atoms with E-state index in [1.165, 1.54) is 6.21 Å². The molecule has 164 valence electrons. The zero-order chi connectivity index (χ0) is 22.4. The molecule has 0 amide bonds. The molecular formula is C21H26F2N8. The van der Waals surface area contributed by atoms with Crippen molar-refractivity contribution >= 4 is 41.1 Å². The van der Waals surface area contributed by atoms with Gasteiger partial charge in [0.05, 0.1) is 11.9 Å². The average Bonchev–Trinajstić information content (AvgIpc) is 2.71. The number of nitrogens with zero attached hydrogens (tertiary/aromatic N) is 2. The summed E-state index contributed by atoms with van der Waals surface area (Å²) in [5, 5.41) is 16.8. The second-order valence-corrected chi connectivity index (χ2v) is 7.32. The summed E-state index contributed by atoms with van der Waals surface area (Å²) >= 11 is 0. The lowest BCUT2D eigenvalue weighted by molar-refractivity contribution is -0.0511. The summed E-state index contributed by atoms with van der Waals surface area (Å²) in [7, 11) is 0. The second-order valence-electron chi connectivity index (χ2n) is 7.32. The molecule has 1 fully saturated rings. The molecule has 1 aromatic heterocycles. The maximum atomic E-state index is 14.4. The van der Waals surface area contributed by atoms with Crippen molar-refractivity contribution in [1.29, 1.82) is 5.41 Å². The van der Waals surface area contributed by atoms with Gasteiger partial charge in [-0.1, -0.05) is 12.6 Å². The van der Waals surface area contributed by atoms with Crippen molar-refractivity contribution < 1.29 is 8.78 Å². The SMILES string of the molecule is C=C(N)c1ccc(N[C@H]2[C@@H](N)CCCC2(F)F)nc1Nc1cccc(N/N=C\C=N)c1. The number of benzene rings is 1. The van der Waals surface area contributed by atoms with Crippen LogP contribution in [0.1, 0.15) is 24.8 Å². The Labute approximate surface area is 179 Å². The van der Waals surface area contributed by atoms with Crippen LogP contribution in [-0.2, 0) is 0 Å². The molecular weight excluding hydrogens is 402 g/mol. The van der Waals surface area contributed by atoms with Gasteiger partial charge in [0.1, 0.15) is 17.7 Å². The van der Waals surface area contributed by atoms with Crippen LogP contribution in [0.4, 0.5) is 31.8 Å². The van der Waals surface area contributed by atoms with Gasteiger partial charge >= 0.3 is 0 Å². The van der Waals surface area contributed by atoms with Gasteiger partial charge in [0.25, 0.3) is 5.92 Å². The molecule has 1 saturated carbocycles. The highest BCUT2D eigenvalue weighted by Gasteiger charge is 2.45. The van der Waals surface area contributed by atoms with Crippen LogP contribution in [0, 0.1) is 5.41 Å². The summed E-state index contributed by atoms with van der Waals surface area (Å²) in [6.45, 7) is 3.76. The maximum Gasteiger partial charge on any atom is 0.269 e. The highest BCUT2D eigenvalue weighted by atomic mass is 19.3. The Morgan fingerprint density at radius 2 is 2.06 bits per heavy atom. The number of hydrazone groups is 1. The summed E-state index contributed by atoms with van der Waals surface area (Å²) < 4.78 is 28.8. The molecule has 10 heteroatoms. The molecule has 0 aliphatic heterocycles. The van der Waals surface area contributed by atoms with Crippen molar-refractivity contribution in [2.24, 2.45) is 16.6 Å². The molecule has 2 aromatic rings. The molecule has 0 spiro atoms. The van der Waals surface area contributed by atoms with Crippen LogP contribution in [0.5, 0.6) is 0 Å². The number of hydrogen-bond donors (Lipinski definition) is 6. The van der Waals surface area contributed by atoms with Crippen molar-refractivity contribution in [2.45, 2.75) is 37.3 Å². The predicted octanol–water partition coefficient (Wildman–Crippen LogP) is 3.73. The smallest absolute Gasteiger partial charge is 0.269 e. The molecule has 0 saturated heterocycles. The molecule has 1 aromatic carbocycles. The van der Waals surface area contributed by atoms with E-state index in [2.05, 4.69) is 32.7 Å². The van der Waals surface area contributed by atoms with E-state index in [9.17, 15) is 8.78 Å². The standard InChI is InChI=1S/C21H26F2N8/c1-13(25)16-7-8-18(29-19-17(26)6-3-9-21(19,22)23)30-20(16)28-14-4-2-5-15(12-14)31-27-11-10-24/h2,4-5,7-8,10-12,17,19,24,31H,1,3,6,9,25-26H2,(H2,28,29,30)/b24-10?,27-11-/t17-,19-/m0/s1. The summed E-state index contributed by atoms with van der Waals surface area (Å²) in [5.74, 6) is -2.29. The van der Waals surface area contributed by atoms with Crippen molar-refractivity contribution in [3.63, 3.8) is 0 Å². The lowest BCUT2D eigenvalue weighted by Crippen LogP contribution is -2.55. The Morgan fingerprint density at radius 3 is 2.77 bits per heavy atom. The van der Waals surface area contributed by atoms with Crippen molar-refractivity contribution in [2.75, 3.05) is 16.1 Å². The lowest BCUT2D eigenvalue weighted by Gasteiger charge is -2.36. The van der Waals surface area contributed by atoms with Crippen molar-refractivity contribution in [3.05, 3.63) is 48.5 Å². The lowest BCUT2D eigenvalue weighted by atomic mass is 9.87. The minimum absolute atomic E-state index is 0.207. The van der Waals surface area contributed by atoms with Gasteiger partial charge in [-0.05, 0) is 43.2 Å². The number of aromatic nitrogens is 1. The minimum Gasteiger partial charge on any atom is -0.399 e. The zero-order valence-corrected chi connectivity index (χ0v) is 16.9. The number of nitrogens with one attached hydrogen (secondary N) is 4. The van der Waals surface area contributed by atoms with E-state index in [1.807, 2.05) is 6.07 Å². The second kappa shape index (κ2) is 9.52. The van der Waals surface area contributed by atoms with Crippen LogP contribution in [0.15, 0.2) is 48.1 Å². The molecule has 1 heterocycles. The van der Waals surface area contributed by atoms with Gasteiger partial charge in [-0.25, -0.2) is 13.8 Å². The fourth-order valence-corrected chi connectivity index (χ4v) is 3.43. The summed E-state index contributed by atoms with van der Waals surface area (Å²) in [5.41, 5.74) is 16.8. The number of pyridine rings is 1. The largest absolute Gasteiger partial charge is 0.399 e. The molecule has 31 heavy (non-hydrogen) atoms. The van der Waals surface area contributed by atoms with E-state index in [-0.39, 0.29) is 17.9 Å². The van der Waals surface area contributed by atoms with E-state index in [0.717, 1.165) is 6.21 Å². The molecule has 0 unspecified atom stereocenters. The molecule has 2 atom stereocenters. The van der Waals surface area contributed by atoms with E-state index in [1.54, 1.807) is 30.3 Å². The topological polar surface area (TPSA) is 137 Å². The molecule has 8 nitrogen and oxygen atoms in total. The first-order chi connectivity index (χ1) is 14.8. The first-order valence-electron chi connectivity index (χ1n) is 9.81. The van der Waals surface area contributed by atoms with Crippen LogP contribution in [-0.4, -0.2) is 35.4 Å². The number of anilines is 4. The third-order valence-corrected chi connectivity index (χ3v) is 4.94. The van der Waals surface area contributed by atoms with Gasteiger partial charge in [0, 0.05) is 35.6 Å². The Hall–Kier alpha value is -3.53. The highest BCUT2D eigenvalue weighted by Crippen LogP contribution is 2.35. The fourth-order valence-electron chi connectivity index (χ4n) is 3.43. The van der Waals surface area contributed by atoms with Gasteiger partial charge < -0.3 is 27.5 Å². The van der Waals surface area contributed by atoms with E-state index >= 15 is 0 Å². The van der Waals surface area contributed by atoms with Crippen LogP contribution in [0.2, 0.25) is 0 Å². The molecule has 8 N–H and O–H groups in total. The highest BCUT2D eigenvalue weighted by molar-refractivity contribution is 6.14. The predicted molar refractivity (Wildman–Crippen MR) is 122 cm³/mol. The monoisotopic (exact) mass is 428 g/mol. The first-order valence-corrected chi connectivity index (χ1v) is 9.81. The average molecular weight is 428 g/mol. The van der Waals surface area contributed by atoms with Crippen LogP contribution >= 0.6 is 0 Å². The zero-order valence-electron chi connectivity index (χ0n) is 16.9. The van der Waals surface area contributed by atoms with Crippen LogP contribution in [0.25, 0.3) is 5.70 Å². The Kier molecular flexibility index (Phi) is 6.81. The summed E-state index contributed by atoms with van der Waals surface area (Å²) in [6.07, 6.45) is 3.07. The number of hydrogen-bond acceptors (Lipinski definition) is 8. The van der Waals surface area contributed by atoms with Gasteiger partial charge in [-0.2, -0.15) is 5.10 Å². The number of alkyl halides is 2. The van der Waals surface area contributed by atoms with Crippen molar-refractivity contribution in [3.8, 4) is 0 Å². The van der Waals surface area contributed by atoms with Gasteiger partial charge in [-0.15, -0.1) is 0 Å². The van der Waals surface area contributed by atoms with E-state index in [0.29, 0.717) is 35.6 Å². The van der Waals surface area contributed by atoms with Crippen LogP contribution < -0.4 is 27.5 Å². The van der Waals surface area contributed by atoms with E-state index < -0.39 is 18.0 Å².